The van der Waals surface area contributed by atoms with E-state index in [-0.39, 0.29) is 5.69 Å². The summed E-state index contributed by atoms with van der Waals surface area (Å²) in [6, 6.07) is 8.86. The second-order valence-corrected chi connectivity index (χ2v) is 4.46. The molecule has 0 spiro atoms. The lowest BCUT2D eigenvalue weighted by Crippen LogP contribution is -2.27. The lowest BCUT2D eigenvalue weighted by Gasteiger charge is -2.03. The summed E-state index contributed by atoms with van der Waals surface area (Å²) in [5.74, 6) is 0. The van der Waals surface area contributed by atoms with Gasteiger partial charge in [0.1, 0.15) is 0 Å². The third kappa shape index (κ3) is 2.76. The number of H-pyrrole nitrogens is 1. The maximum absolute atomic E-state index is 12.2. The SMILES string of the molecule is C=C(CCC)Cn1[nH]c(=O)n(-c2ccccc2)c1=O. The average Bonchev–Trinajstić information content (AvgIpc) is 2.66. The highest BCUT2D eigenvalue weighted by molar-refractivity contribution is 5.30. The van der Waals surface area contributed by atoms with Gasteiger partial charge in [-0.25, -0.2) is 23.9 Å². The van der Waals surface area contributed by atoms with Crippen molar-refractivity contribution in [1.29, 1.82) is 0 Å². The zero-order chi connectivity index (χ0) is 13.8. The number of nitrogens with zero attached hydrogens (tertiary/aromatic N) is 2. The third-order valence-corrected chi connectivity index (χ3v) is 2.86. The van der Waals surface area contributed by atoms with Crippen molar-refractivity contribution in [3.8, 4) is 5.69 Å². The molecule has 0 aliphatic carbocycles. The van der Waals surface area contributed by atoms with E-state index in [9.17, 15) is 9.59 Å². The second-order valence-electron chi connectivity index (χ2n) is 4.46. The zero-order valence-corrected chi connectivity index (χ0v) is 10.9. The first-order valence-electron chi connectivity index (χ1n) is 6.27. The van der Waals surface area contributed by atoms with Crippen LogP contribution in [0.4, 0.5) is 0 Å². The Bertz CT molecular complexity index is 677. The maximum atomic E-state index is 12.2. The molecular formula is C14H17N3O2. The van der Waals surface area contributed by atoms with Crippen LogP contribution in [0.5, 0.6) is 0 Å². The molecule has 0 amide bonds. The van der Waals surface area contributed by atoms with Crippen molar-refractivity contribution in [2.45, 2.75) is 26.3 Å². The molecule has 1 aromatic carbocycles. The van der Waals surface area contributed by atoms with E-state index < -0.39 is 5.69 Å². The van der Waals surface area contributed by atoms with E-state index in [2.05, 4.69) is 11.7 Å². The van der Waals surface area contributed by atoms with Crippen molar-refractivity contribution in [3.05, 3.63) is 63.5 Å². The van der Waals surface area contributed by atoms with Crippen LogP contribution in [0, 0.1) is 0 Å². The Balaban J connectivity index is 2.39. The first-order chi connectivity index (χ1) is 9.13. The third-order valence-electron chi connectivity index (χ3n) is 2.86. The van der Waals surface area contributed by atoms with E-state index in [0.717, 1.165) is 23.0 Å². The van der Waals surface area contributed by atoms with Gasteiger partial charge in [0.25, 0.3) is 0 Å². The van der Waals surface area contributed by atoms with Crippen molar-refractivity contribution in [2.24, 2.45) is 0 Å². The van der Waals surface area contributed by atoms with Crippen LogP contribution in [0.1, 0.15) is 19.8 Å². The number of aromatic nitrogens is 3. The molecule has 100 valence electrons. The molecule has 0 fully saturated rings. The second kappa shape index (κ2) is 5.56. The van der Waals surface area contributed by atoms with Gasteiger partial charge in [0, 0.05) is 0 Å². The largest absolute Gasteiger partial charge is 0.351 e. The summed E-state index contributed by atoms with van der Waals surface area (Å²) in [7, 11) is 0. The van der Waals surface area contributed by atoms with Crippen LogP contribution in [-0.2, 0) is 6.54 Å². The fourth-order valence-corrected chi connectivity index (χ4v) is 1.99. The average molecular weight is 259 g/mol. The minimum Gasteiger partial charge on any atom is -0.246 e. The number of benzene rings is 1. The number of rotatable bonds is 5. The predicted molar refractivity (Wildman–Crippen MR) is 74.7 cm³/mol. The van der Waals surface area contributed by atoms with Gasteiger partial charge in [-0.3, -0.25) is 0 Å². The number of allylic oxidation sites excluding steroid dienone is 1. The molecule has 2 aromatic rings. The quantitative estimate of drug-likeness (QED) is 0.830. The topological polar surface area (TPSA) is 59.8 Å². The molecule has 1 heterocycles. The smallest absolute Gasteiger partial charge is 0.246 e. The van der Waals surface area contributed by atoms with Crippen LogP contribution in [-0.4, -0.2) is 14.3 Å². The predicted octanol–water partition coefficient (Wildman–Crippen LogP) is 1.68. The molecule has 0 saturated carbocycles. The van der Waals surface area contributed by atoms with Gasteiger partial charge in [-0.05, 0) is 18.6 Å². The van der Waals surface area contributed by atoms with Crippen LogP contribution in [0.3, 0.4) is 0 Å². The lowest BCUT2D eigenvalue weighted by atomic mass is 10.2. The summed E-state index contributed by atoms with van der Waals surface area (Å²) in [6.07, 6.45) is 1.81. The molecule has 0 unspecified atom stereocenters. The van der Waals surface area contributed by atoms with Gasteiger partial charge in [0.15, 0.2) is 0 Å². The Morgan fingerprint density at radius 1 is 1.26 bits per heavy atom. The standard InChI is InChI=1S/C14H17N3O2/c1-3-7-11(2)10-16-14(19)17(13(18)15-16)12-8-5-4-6-9-12/h4-6,8-9H,2-3,7,10H2,1H3,(H,15,18). The van der Waals surface area contributed by atoms with E-state index in [0.29, 0.717) is 12.2 Å². The number of hydrogen-bond donors (Lipinski definition) is 1. The summed E-state index contributed by atoms with van der Waals surface area (Å²) in [5.41, 5.74) is 0.689. The Morgan fingerprint density at radius 3 is 2.58 bits per heavy atom. The van der Waals surface area contributed by atoms with Gasteiger partial charge in [-0.2, -0.15) is 0 Å². The molecule has 0 radical (unpaired) electrons. The highest BCUT2D eigenvalue weighted by Gasteiger charge is 2.10. The Morgan fingerprint density at radius 2 is 1.95 bits per heavy atom. The minimum atomic E-state index is -0.430. The maximum Gasteiger partial charge on any atom is 0.351 e. The number of nitrogens with one attached hydrogen (secondary N) is 1. The van der Waals surface area contributed by atoms with Crippen molar-refractivity contribution >= 4 is 0 Å². The van der Waals surface area contributed by atoms with Crippen LogP contribution < -0.4 is 11.4 Å². The van der Waals surface area contributed by atoms with Crippen molar-refractivity contribution in [1.82, 2.24) is 14.3 Å². The van der Waals surface area contributed by atoms with E-state index >= 15 is 0 Å². The first kappa shape index (κ1) is 13.1. The Labute approximate surface area is 110 Å². The molecule has 0 atom stereocenters. The molecule has 2 rings (SSSR count). The highest BCUT2D eigenvalue weighted by Crippen LogP contribution is 2.04. The normalized spacial score (nSPS) is 10.6. The van der Waals surface area contributed by atoms with Gasteiger partial charge >= 0.3 is 11.4 Å². The monoisotopic (exact) mass is 259 g/mol. The summed E-state index contributed by atoms with van der Waals surface area (Å²) in [6.45, 7) is 6.30. The van der Waals surface area contributed by atoms with Crippen LogP contribution in [0.25, 0.3) is 5.69 Å². The van der Waals surface area contributed by atoms with Crippen molar-refractivity contribution in [2.75, 3.05) is 0 Å². The van der Waals surface area contributed by atoms with Crippen LogP contribution in [0.2, 0.25) is 0 Å². The molecule has 5 heteroatoms. The highest BCUT2D eigenvalue weighted by atomic mass is 16.2. The summed E-state index contributed by atoms with van der Waals surface area (Å²) < 4.78 is 2.42. The Hall–Kier alpha value is -2.30. The first-order valence-corrected chi connectivity index (χ1v) is 6.27. The van der Waals surface area contributed by atoms with E-state index in [1.54, 1.807) is 24.3 Å². The fourth-order valence-electron chi connectivity index (χ4n) is 1.99. The molecule has 1 N–H and O–H groups in total. The molecule has 0 bridgehead atoms. The van der Waals surface area contributed by atoms with Gasteiger partial charge < -0.3 is 0 Å². The van der Waals surface area contributed by atoms with Crippen molar-refractivity contribution < 1.29 is 0 Å². The summed E-state index contributed by atoms with van der Waals surface area (Å²) in [5, 5.41) is 2.55. The summed E-state index contributed by atoms with van der Waals surface area (Å²) in [4.78, 5) is 24.0. The molecule has 0 saturated heterocycles. The molecular weight excluding hydrogens is 242 g/mol. The molecule has 19 heavy (non-hydrogen) atoms. The lowest BCUT2D eigenvalue weighted by molar-refractivity contribution is 0.623. The Kier molecular flexibility index (Phi) is 3.85. The molecule has 0 aliphatic rings. The van der Waals surface area contributed by atoms with Crippen LogP contribution >= 0.6 is 0 Å². The van der Waals surface area contributed by atoms with E-state index in [1.165, 1.54) is 4.68 Å². The van der Waals surface area contributed by atoms with Crippen LogP contribution in [0.15, 0.2) is 52.1 Å². The molecule has 0 aliphatic heterocycles. The molecule has 5 nitrogen and oxygen atoms in total. The molecule has 1 aromatic heterocycles. The summed E-state index contributed by atoms with van der Waals surface area (Å²) >= 11 is 0. The van der Waals surface area contributed by atoms with E-state index in [4.69, 9.17) is 0 Å². The number of para-hydroxylation sites is 1. The van der Waals surface area contributed by atoms with Gasteiger partial charge in [0.2, 0.25) is 0 Å². The van der Waals surface area contributed by atoms with Gasteiger partial charge in [0.05, 0.1) is 12.2 Å². The fraction of sp³-hybridized carbons (Fsp3) is 0.286. The van der Waals surface area contributed by atoms with Gasteiger partial charge in [-0.15, -0.1) is 0 Å². The zero-order valence-electron chi connectivity index (χ0n) is 10.9. The van der Waals surface area contributed by atoms with Gasteiger partial charge in [-0.1, -0.05) is 43.7 Å². The van der Waals surface area contributed by atoms with E-state index in [1.807, 2.05) is 13.0 Å². The number of hydrogen-bond acceptors (Lipinski definition) is 2. The van der Waals surface area contributed by atoms with Crippen molar-refractivity contribution in [3.63, 3.8) is 0 Å². The number of aromatic amines is 1. The minimum absolute atomic E-state index is 0.349.